The first-order valence-electron chi connectivity index (χ1n) is 6.44. The molecule has 0 fully saturated rings. The normalized spacial score (nSPS) is 10.5. The van der Waals surface area contributed by atoms with Crippen molar-refractivity contribution in [2.45, 2.75) is 18.0 Å². The monoisotopic (exact) mass is 308 g/mol. The lowest BCUT2D eigenvalue weighted by molar-refractivity contribution is 0.318. The first-order valence-corrected chi connectivity index (χ1v) is 7.80. The first-order chi connectivity index (χ1) is 9.78. The van der Waals surface area contributed by atoms with Crippen molar-refractivity contribution >= 4 is 23.4 Å². The summed E-state index contributed by atoms with van der Waals surface area (Å²) in [6.07, 6.45) is 2.63. The van der Waals surface area contributed by atoms with Crippen molar-refractivity contribution in [1.82, 2.24) is 4.98 Å². The van der Waals surface area contributed by atoms with Gasteiger partial charge in [0.25, 0.3) is 0 Å². The molecule has 3 nitrogen and oxygen atoms in total. The number of ether oxygens (including phenoxy) is 1. The average Bonchev–Trinajstić information content (AvgIpc) is 2.49. The highest BCUT2D eigenvalue weighted by Crippen LogP contribution is 2.18. The van der Waals surface area contributed by atoms with E-state index in [1.54, 1.807) is 18.0 Å². The fourth-order valence-electron chi connectivity index (χ4n) is 1.64. The zero-order chi connectivity index (χ0) is 14.2. The lowest BCUT2D eigenvalue weighted by Gasteiger charge is -2.07. The fraction of sp³-hybridized carbons (Fsp3) is 0.267. The molecule has 0 saturated heterocycles. The van der Waals surface area contributed by atoms with E-state index >= 15 is 0 Å². The molecule has 0 atom stereocenters. The van der Waals surface area contributed by atoms with Gasteiger partial charge in [0.05, 0.1) is 16.7 Å². The van der Waals surface area contributed by atoms with Crippen molar-refractivity contribution < 1.29 is 4.74 Å². The van der Waals surface area contributed by atoms with Crippen LogP contribution in [0, 0.1) is 0 Å². The second kappa shape index (κ2) is 8.15. The Balaban J connectivity index is 1.67. The predicted molar refractivity (Wildman–Crippen MR) is 84.4 cm³/mol. The number of nitrogens with two attached hydrogens (primary N) is 1. The molecule has 0 aliphatic heterocycles. The van der Waals surface area contributed by atoms with Gasteiger partial charge in [-0.2, -0.15) is 0 Å². The number of hydrogen-bond donors (Lipinski definition) is 1. The summed E-state index contributed by atoms with van der Waals surface area (Å²) in [5.41, 5.74) is 6.68. The van der Waals surface area contributed by atoms with Crippen molar-refractivity contribution in [3.8, 4) is 5.75 Å². The zero-order valence-corrected chi connectivity index (χ0v) is 12.7. The smallest absolute Gasteiger partial charge is 0.119 e. The molecule has 0 radical (unpaired) electrons. The first kappa shape index (κ1) is 15.2. The summed E-state index contributed by atoms with van der Waals surface area (Å²) in [6, 6.07) is 11.7. The van der Waals surface area contributed by atoms with Crippen LogP contribution in [0.2, 0.25) is 5.02 Å². The maximum atomic E-state index is 5.79. The molecule has 0 saturated carbocycles. The maximum absolute atomic E-state index is 5.79. The van der Waals surface area contributed by atoms with E-state index in [1.807, 2.05) is 36.4 Å². The Hall–Kier alpha value is -1.23. The lowest BCUT2D eigenvalue weighted by atomic mass is 10.2. The molecule has 0 aliphatic carbocycles. The van der Waals surface area contributed by atoms with E-state index in [-0.39, 0.29) is 0 Å². The van der Waals surface area contributed by atoms with Crippen LogP contribution in [0.4, 0.5) is 0 Å². The third kappa shape index (κ3) is 5.04. The van der Waals surface area contributed by atoms with Gasteiger partial charge in [-0.1, -0.05) is 23.7 Å². The average molecular weight is 309 g/mol. The molecule has 2 aromatic rings. The summed E-state index contributed by atoms with van der Waals surface area (Å²) in [4.78, 5) is 4.23. The molecule has 2 N–H and O–H groups in total. The van der Waals surface area contributed by atoms with Gasteiger partial charge in [-0.05, 0) is 36.2 Å². The van der Waals surface area contributed by atoms with Gasteiger partial charge in [0.1, 0.15) is 5.75 Å². The maximum Gasteiger partial charge on any atom is 0.119 e. The molecule has 0 spiro atoms. The third-order valence-corrected chi connectivity index (χ3v) is 3.90. The van der Waals surface area contributed by atoms with E-state index in [2.05, 4.69) is 4.98 Å². The van der Waals surface area contributed by atoms with Crippen molar-refractivity contribution in [3.05, 3.63) is 53.2 Å². The molecule has 1 aromatic heterocycles. The molecule has 0 amide bonds. The van der Waals surface area contributed by atoms with Crippen LogP contribution in [0.15, 0.2) is 47.6 Å². The van der Waals surface area contributed by atoms with Crippen LogP contribution in [0.1, 0.15) is 12.0 Å². The lowest BCUT2D eigenvalue weighted by Crippen LogP contribution is -2.01. The van der Waals surface area contributed by atoms with Crippen LogP contribution >= 0.6 is 23.4 Å². The number of benzene rings is 1. The Bertz CT molecular complexity index is 534. The van der Waals surface area contributed by atoms with Crippen LogP contribution in [0.3, 0.4) is 0 Å². The van der Waals surface area contributed by atoms with Crippen molar-refractivity contribution in [3.63, 3.8) is 0 Å². The molecule has 0 unspecified atom stereocenters. The number of thioether (sulfide) groups is 1. The quantitative estimate of drug-likeness (QED) is 0.625. The molecular weight excluding hydrogens is 292 g/mol. The number of rotatable bonds is 7. The topological polar surface area (TPSA) is 48.1 Å². The SMILES string of the molecule is NCc1cccc(OCCCSc2ccc(Cl)cn2)c1. The van der Waals surface area contributed by atoms with Gasteiger partial charge in [-0.3, -0.25) is 0 Å². The summed E-state index contributed by atoms with van der Waals surface area (Å²) in [6.45, 7) is 1.23. The largest absolute Gasteiger partial charge is 0.494 e. The van der Waals surface area contributed by atoms with Gasteiger partial charge in [0.15, 0.2) is 0 Å². The second-order valence-corrected chi connectivity index (χ2v) is 5.77. The standard InChI is InChI=1S/C15H17ClN2OS/c16-13-5-6-15(18-11-13)20-8-2-7-19-14-4-1-3-12(9-14)10-17/h1,3-6,9,11H,2,7-8,10,17H2. The fourth-order valence-corrected chi connectivity index (χ4v) is 2.51. The van der Waals surface area contributed by atoms with Gasteiger partial charge in [-0.15, -0.1) is 11.8 Å². The number of halogens is 1. The van der Waals surface area contributed by atoms with Crippen molar-refractivity contribution in [2.24, 2.45) is 5.73 Å². The van der Waals surface area contributed by atoms with Crippen molar-refractivity contribution in [1.29, 1.82) is 0 Å². The summed E-state index contributed by atoms with van der Waals surface area (Å²) in [7, 11) is 0. The minimum absolute atomic E-state index is 0.537. The highest BCUT2D eigenvalue weighted by molar-refractivity contribution is 7.99. The second-order valence-electron chi connectivity index (χ2n) is 4.22. The molecule has 5 heteroatoms. The van der Waals surface area contributed by atoms with Gasteiger partial charge < -0.3 is 10.5 Å². The summed E-state index contributed by atoms with van der Waals surface area (Å²) < 4.78 is 5.70. The third-order valence-electron chi connectivity index (χ3n) is 2.64. The van der Waals surface area contributed by atoms with Gasteiger partial charge in [0, 0.05) is 18.5 Å². The van der Waals surface area contributed by atoms with Crippen LogP contribution in [0.5, 0.6) is 5.75 Å². The molecule has 106 valence electrons. The molecule has 0 bridgehead atoms. The van der Waals surface area contributed by atoms with E-state index in [4.69, 9.17) is 22.1 Å². The highest BCUT2D eigenvalue weighted by atomic mass is 35.5. The minimum atomic E-state index is 0.537. The van der Waals surface area contributed by atoms with Crippen LogP contribution in [0.25, 0.3) is 0 Å². The van der Waals surface area contributed by atoms with Crippen LogP contribution in [-0.4, -0.2) is 17.3 Å². The molecule has 0 aliphatic rings. The number of aromatic nitrogens is 1. The van der Waals surface area contributed by atoms with E-state index in [9.17, 15) is 0 Å². The van der Waals surface area contributed by atoms with Crippen LogP contribution in [-0.2, 0) is 6.54 Å². The predicted octanol–water partition coefficient (Wildman–Crippen LogP) is 3.75. The van der Waals surface area contributed by atoms with Crippen molar-refractivity contribution in [2.75, 3.05) is 12.4 Å². The summed E-state index contributed by atoms with van der Waals surface area (Å²) >= 11 is 7.49. The van der Waals surface area contributed by atoms with E-state index in [1.165, 1.54) is 0 Å². The van der Waals surface area contributed by atoms with E-state index in [0.717, 1.165) is 28.5 Å². The Kier molecular flexibility index (Phi) is 6.18. The number of pyridine rings is 1. The summed E-state index contributed by atoms with van der Waals surface area (Å²) in [5, 5.41) is 1.65. The molecular formula is C15H17ClN2OS. The Labute approximate surface area is 128 Å². The van der Waals surface area contributed by atoms with Crippen LogP contribution < -0.4 is 10.5 Å². The van der Waals surface area contributed by atoms with E-state index in [0.29, 0.717) is 18.2 Å². The highest BCUT2D eigenvalue weighted by Gasteiger charge is 1.98. The van der Waals surface area contributed by atoms with Gasteiger partial charge >= 0.3 is 0 Å². The van der Waals surface area contributed by atoms with Gasteiger partial charge in [-0.25, -0.2) is 4.98 Å². The minimum Gasteiger partial charge on any atom is -0.494 e. The Morgan fingerprint density at radius 3 is 2.90 bits per heavy atom. The number of nitrogens with zero attached hydrogens (tertiary/aromatic N) is 1. The zero-order valence-electron chi connectivity index (χ0n) is 11.1. The molecule has 1 heterocycles. The number of hydrogen-bond acceptors (Lipinski definition) is 4. The molecule has 20 heavy (non-hydrogen) atoms. The Morgan fingerprint density at radius 1 is 1.25 bits per heavy atom. The van der Waals surface area contributed by atoms with Gasteiger partial charge in [0.2, 0.25) is 0 Å². The molecule has 1 aromatic carbocycles. The summed E-state index contributed by atoms with van der Waals surface area (Å²) in [5.74, 6) is 1.84. The molecule has 2 rings (SSSR count). The van der Waals surface area contributed by atoms with E-state index < -0.39 is 0 Å². The Morgan fingerprint density at radius 2 is 2.15 bits per heavy atom.